The van der Waals surface area contributed by atoms with Gasteiger partial charge < -0.3 is 4.98 Å². The number of hydrogen-bond acceptors (Lipinski definition) is 2. The van der Waals surface area contributed by atoms with Gasteiger partial charge in [0.15, 0.2) is 0 Å². The zero-order valence-corrected chi connectivity index (χ0v) is 10.7. The molecule has 0 spiro atoms. The van der Waals surface area contributed by atoms with Crippen LogP contribution in [0.5, 0.6) is 0 Å². The highest BCUT2D eigenvalue weighted by Gasteiger charge is 2.13. The number of H-pyrrole nitrogens is 1. The van der Waals surface area contributed by atoms with Crippen LogP contribution in [-0.2, 0) is 0 Å². The van der Waals surface area contributed by atoms with Crippen LogP contribution in [0.2, 0.25) is 5.28 Å². The van der Waals surface area contributed by atoms with E-state index in [4.69, 9.17) is 11.6 Å². The fourth-order valence-corrected chi connectivity index (χ4v) is 2.27. The molecule has 1 N–H and O–H groups in total. The van der Waals surface area contributed by atoms with Gasteiger partial charge in [0, 0.05) is 9.77 Å². The number of aromatic amines is 1. The molecule has 14 heavy (non-hydrogen) atoms. The first-order chi connectivity index (χ1) is 6.59. The number of fused-ring (bicyclic) bond motifs is 1. The molecule has 2 heterocycles. The minimum absolute atomic E-state index is 0.305. The third-order valence-electron chi connectivity index (χ3n) is 2.03. The molecule has 0 aromatic carbocycles. The standard InChI is InChI=1S/C9H9ClIN3/c1-4(2)7-6-5(11)3-12-8(6)14-9(10)13-7/h3-4H,1-2H3,(H,12,13,14). The Hall–Kier alpha value is -0.360. The van der Waals surface area contributed by atoms with Gasteiger partial charge in [-0.3, -0.25) is 0 Å². The van der Waals surface area contributed by atoms with Crippen LogP contribution in [0.1, 0.15) is 25.5 Å². The molecule has 0 aliphatic carbocycles. The fourth-order valence-electron chi connectivity index (χ4n) is 1.41. The van der Waals surface area contributed by atoms with E-state index in [9.17, 15) is 0 Å². The van der Waals surface area contributed by atoms with Crippen molar-refractivity contribution in [3.63, 3.8) is 0 Å². The summed E-state index contributed by atoms with van der Waals surface area (Å²) in [5, 5.41) is 1.39. The lowest BCUT2D eigenvalue weighted by molar-refractivity contribution is 0.828. The Labute approximate surface area is 100 Å². The van der Waals surface area contributed by atoms with E-state index in [1.807, 2.05) is 6.20 Å². The molecule has 2 aromatic heterocycles. The van der Waals surface area contributed by atoms with Crippen LogP contribution < -0.4 is 0 Å². The molecule has 0 saturated carbocycles. The summed E-state index contributed by atoms with van der Waals surface area (Å²) in [7, 11) is 0. The summed E-state index contributed by atoms with van der Waals surface area (Å²) in [6.45, 7) is 4.20. The van der Waals surface area contributed by atoms with Crippen molar-refractivity contribution in [3.8, 4) is 0 Å². The number of rotatable bonds is 1. The van der Waals surface area contributed by atoms with Gasteiger partial charge in [0.05, 0.1) is 11.1 Å². The second-order valence-corrected chi connectivity index (χ2v) is 4.89. The fraction of sp³-hybridized carbons (Fsp3) is 0.333. The van der Waals surface area contributed by atoms with Gasteiger partial charge >= 0.3 is 0 Å². The summed E-state index contributed by atoms with van der Waals surface area (Å²) in [6.07, 6.45) is 1.92. The highest BCUT2D eigenvalue weighted by atomic mass is 127. The van der Waals surface area contributed by atoms with E-state index >= 15 is 0 Å². The highest BCUT2D eigenvalue weighted by molar-refractivity contribution is 14.1. The van der Waals surface area contributed by atoms with Crippen LogP contribution in [0.25, 0.3) is 11.0 Å². The molecule has 0 bridgehead atoms. The first-order valence-corrected chi connectivity index (χ1v) is 5.75. The first kappa shape index (κ1) is 10.2. The SMILES string of the molecule is CC(C)c1nc(Cl)nc2[nH]cc(I)c12. The summed E-state index contributed by atoms with van der Waals surface area (Å²) in [5.74, 6) is 0.349. The van der Waals surface area contributed by atoms with E-state index < -0.39 is 0 Å². The van der Waals surface area contributed by atoms with E-state index in [0.29, 0.717) is 11.2 Å². The predicted molar refractivity (Wildman–Crippen MR) is 65.7 cm³/mol. The number of hydrogen-bond donors (Lipinski definition) is 1. The Balaban J connectivity index is 2.83. The summed E-state index contributed by atoms with van der Waals surface area (Å²) >= 11 is 8.10. The lowest BCUT2D eigenvalue weighted by Gasteiger charge is -2.06. The second kappa shape index (κ2) is 3.66. The third kappa shape index (κ3) is 1.61. The number of nitrogens with one attached hydrogen (secondary N) is 1. The molecule has 0 fully saturated rings. The van der Waals surface area contributed by atoms with Crippen molar-refractivity contribution < 1.29 is 0 Å². The Morgan fingerprint density at radius 2 is 2.14 bits per heavy atom. The summed E-state index contributed by atoms with van der Waals surface area (Å²) in [5.41, 5.74) is 1.82. The number of nitrogens with zero attached hydrogens (tertiary/aromatic N) is 2. The predicted octanol–water partition coefficient (Wildman–Crippen LogP) is 3.34. The van der Waals surface area contributed by atoms with E-state index in [1.165, 1.54) is 0 Å². The van der Waals surface area contributed by atoms with Crippen LogP contribution in [0.4, 0.5) is 0 Å². The Bertz CT molecular complexity index is 478. The Morgan fingerprint density at radius 3 is 2.79 bits per heavy atom. The normalized spacial score (nSPS) is 11.5. The average Bonchev–Trinajstić information content (AvgIpc) is 2.46. The van der Waals surface area contributed by atoms with Crippen molar-refractivity contribution in [1.29, 1.82) is 0 Å². The van der Waals surface area contributed by atoms with Crippen LogP contribution in [0.15, 0.2) is 6.20 Å². The molecule has 74 valence electrons. The van der Waals surface area contributed by atoms with Gasteiger partial charge in [0.2, 0.25) is 5.28 Å². The van der Waals surface area contributed by atoms with Crippen molar-refractivity contribution in [1.82, 2.24) is 15.0 Å². The van der Waals surface area contributed by atoms with Gasteiger partial charge in [-0.2, -0.15) is 4.98 Å². The van der Waals surface area contributed by atoms with Crippen molar-refractivity contribution in [2.24, 2.45) is 0 Å². The summed E-state index contributed by atoms with van der Waals surface area (Å²) < 4.78 is 1.14. The van der Waals surface area contributed by atoms with E-state index in [-0.39, 0.29) is 0 Å². The van der Waals surface area contributed by atoms with Crippen LogP contribution in [-0.4, -0.2) is 15.0 Å². The Morgan fingerprint density at radius 1 is 1.43 bits per heavy atom. The molecule has 0 atom stereocenters. The van der Waals surface area contributed by atoms with Gasteiger partial charge in [-0.1, -0.05) is 13.8 Å². The largest absolute Gasteiger partial charge is 0.345 e. The highest BCUT2D eigenvalue weighted by Crippen LogP contribution is 2.27. The van der Waals surface area contributed by atoms with E-state index in [0.717, 1.165) is 20.3 Å². The molecular weight excluding hydrogens is 312 g/mol. The molecule has 0 radical (unpaired) electrons. The van der Waals surface area contributed by atoms with Crippen LogP contribution >= 0.6 is 34.2 Å². The maximum Gasteiger partial charge on any atom is 0.224 e. The maximum absolute atomic E-state index is 5.83. The van der Waals surface area contributed by atoms with E-state index in [2.05, 4.69) is 51.4 Å². The second-order valence-electron chi connectivity index (χ2n) is 3.39. The van der Waals surface area contributed by atoms with Gasteiger partial charge in [-0.05, 0) is 40.1 Å². The van der Waals surface area contributed by atoms with E-state index in [1.54, 1.807) is 0 Å². The van der Waals surface area contributed by atoms with Gasteiger partial charge in [-0.25, -0.2) is 4.98 Å². The number of halogens is 2. The number of aromatic nitrogens is 3. The monoisotopic (exact) mass is 321 g/mol. The summed E-state index contributed by atoms with van der Waals surface area (Å²) in [6, 6.07) is 0. The van der Waals surface area contributed by atoms with Crippen LogP contribution in [0.3, 0.4) is 0 Å². The third-order valence-corrected chi connectivity index (χ3v) is 3.05. The van der Waals surface area contributed by atoms with Crippen molar-refractivity contribution >= 4 is 45.2 Å². The van der Waals surface area contributed by atoms with Crippen molar-refractivity contribution in [2.45, 2.75) is 19.8 Å². The molecule has 5 heteroatoms. The van der Waals surface area contributed by atoms with Crippen molar-refractivity contribution in [2.75, 3.05) is 0 Å². The minimum atomic E-state index is 0.305. The maximum atomic E-state index is 5.83. The average molecular weight is 322 g/mol. The lowest BCUT2D eigenvalue weighted by Crippen LogP contribution is -1.96. The molecule has 3 nitrogen and oxygen atoms in total. The van der Waals surface area contributed by atoms with Gasteiger partial charge in [-0.15, -0.1) is 0 Å². The molecule has 0 unspecified atom stereocenters. The zero-order chi connectivity index (χ0) is 10.3. The van der Waals surface area contributed by atoms with Gasteiger partial charge in [0.1, 0.15) is 5.65 Å². The minimum Gasteiger partial charge on any atom is -0.345 e. The molecular formula is C9H9ClIN3. The lowest BCUT2D eigenvalue weighted by atomic mass is 10.1. The topological polar surface area (TPSA) is 41.6 Å². The molecule has 0 saturated heterocycles. The van der Waals surface area contributed by atoms with Crippen molar-refractivity contribution in [3.05, 3.63) is 20.7 Å². The molecule has 0 amide bonds. The molecule has 2 rings (SSSR count). The molecule has 2 aromatic rings. The first-order valence-electron chi connectivity index (χ1n) is 4.29. The van der Waals surface area contributed by atoms with Gasteiger partial charge in [0.25, 0.3) is 0 Å². The smallest absolute Gasteiger partial charge is 0.224 e. The molecule has 0 aliphatic heterocycles. The van der Waals surface area contributed by atoms with Crippen LogP contribution in [0, 0.1) is 3.57 Å². The molecule has 0 aliphatic rings. The quantitative estimate of drug-likeness (QED) is 0.646. The summed E-state index contributed by atoms with van der Waals surface area (Å²) in [4.78, 5) is 11.5. The zero-order valence-electron chi connectivity index (χ0n) is 7.81. The Kier molecular flexibility index (Phi) is 2.66.